The molecule has 2 rings (SSSR count). The summed E-state index contributed by atoms with van der Waals surface area (Å²) < 4.78 is 10.7. The first kappa shape index (κ1) is 19.2. The van der Waals surface area contributed by atoms with Crippen molar-refractivity contribution in [3.8, 4) is 5.75 Å². The van der Waals surface area contributed by atoms with Gasteiger partial charge in [0.25, 0.3) is 0 Å². The van der Waals surface area contributed by atoms with Gasteiger partial charge in [-0.2, -0.15) is 0 Å². The summed E-state index contributed by atoms with van der Waals surface area (Å²) in [6.07, 6.45) is 0. The Labute approximate surface area is 153 Å². The predicted octanol–water partition coefficient (Wildman–Crippen LogP) is 3.40. The maximum atomic E-state index is 11.9. The normalized spacial score (nSPS) is 10.5. The van der Waals surface area contributed by atoms with Gasteiger partial charge in [-0.1, -0.05) is 23.7 Å². The van der Waals surface area contributed by atoms with Crippen LogP contribution in [-0.4, -0.2) is 32.7 Å². The van der Waals surface area contributed by atoms with E-state index in [1.807, 2.05) is 49.4 Å². The molecule has 0 radical (unpaired) electrons. The van der Waals surface area contributed by atoms with Crippen LogP contribution >= 0.6 is 11.6 Å². The third-order valence-corrected chi connectivity index (χ3v) is 3.77. The van der Waals surface area contributed by atoms with E-state index in [1.165, 1.54) is 0 Å². The van der Waals surface area contributed by atoms with Crippen LogP contribution in [0.3, 0.4) is 0 Å². The molecule has 0 saturated carbocycles. The Balaban J connectivity index is 1.86. The zero-order valence-electron chi connectivity index (χ0n) is 14.5. The molecule has 1 amide bonds. The largest absolute Gasteiger partial charge is 0.489 e. The number of hydrogen-bond donors (Lipinski definition) is 2. The molecular formula is C19H23ClN2O3. The highest BCUT2D eigenvalue weighted by Gasteiger charge is 2.06. The Morgan fingerprint density at radius 1 is 1.20 bits per heavy atom. The van der Waals surface area contributed by atoms with Crippen molar-refractivity contribution in [2.75, 3.05) is 32.1 Å². The van der Waals surface area contributed by atoms with E-state index in [0.29, 0.717) is 24.8 Å². The lowest BCUT2D eigenvalue weighted by atomic mass is 10.2. The molecule has 25 heavy (non-hydrogen) atoms. The summed E-state index contributed by atoms with van der Waals surface area (Å²) in [6, 6.07) is 13.1. The van der Waals surface area contributed by atoms with Crippen LogP contribution in [0, 0.1) is 6.92 Å². The summed E-state index contributed by atoms with van der Waals surface area (Å²) in [5, 5.41) is 6.58. The number of rotatable bonds is 9. The third kappa shape index (κ3) is 6.74. The van der Waals surface area contributed by atoms with Crippen LogP contribution in [0.1, 0.15) is 11.1 Å². The minimum Gasteiger partial charge on any atom is -0.489 e. The Kier molecular flexibility index (Phi) is 7.73. The first-order chi connectivity index (χ1) is 12.1. The average Bonchev–Trinajstić information content (AvgIpc) is 2.59. The fourth-order valence-corrected chi connectivity index (χ4v) is 2.44. The van der Waals surface area contributed by atoms with E-state index in [2.05, 4.69) is 10.6 Å². The van der Waals surface area contributed by atoms with Gasteiger partial charge >= 0.3 is 0 Å². The van der Waals surface area contributed by atoms with Crippen molar-refractivity contribution in [2.24, 2.45) is 0 Å². The van der Waals surface area contributed by atoms with Crippen molar-refractivity contribution < 1.29 is 14.3 Å². The van der Waals surface area contributed by atoms with Crippen molar-refractivity contribution in [1.29, 1.82) is 0 Å². The number of methoxy groups -OCH3 is 1. The Morgan fingerprint density at radius 3 is 2.76 bits per heavy atom. The van der Waals surface area contributed by atoms with Gasteiger partial charge in [0.05, 0.1) is 13.2 Å². The third-order valence-electron chi connectivity index (χ3n) is 3.54. The van der Waals surface area contributed by atoms with Crippen LogP contribution in [0.2, 0.25) is 5.02 Å². The second-order valence-corrected chi connectivity index (χ2v) is 6.05. The van der Waals surface area contributed by atoms with Crippen LogP contribution in [0.15, 0.2) is 42.5 Å². The average molecular weight is 363 g/mol. The van der Waals surface area contributed by atoms with Crippen LogP contribution in [0.25, 0.3) is 0 Å². The molecule has 0 bridgehead atoms. The maximum Gasteiger partial charge on any atom is 0.238 e. The van der Waals surface area contributed by atoms with Gasteiger partial charge in [-0.3, -0.25) is 4.79 Å². The maximum absolute atomic E-state index is 11.9. The molecule has 2 N–H and O–H groups in total. The Bertz CT molecular complexity index is 707. The predicted molar refractivity (Wildman–Crippen MR) is 100 cm³/mol. The molecule has 0 unspecified atom stereocenters. The van der Waals surface area contributed by atoms with Gasteiger partial charge in [0.1, 0.15) is 12.4 Å². The summed E-state index contributed by atoms with van der Waals surface area (Å²) >= 11 is 5.97. The number of nitrogens with one attached hydrogen (secondary N) is 2. The summed E-state index contributed by atoms with van der Waals surface area (Å²) in [4.78, 5) is 11.9. The van der Waals surface area contributed by atoms with E-state index < -0.39 is 0 Å². The summed E-state index contributed by atoms with van der Waals surface area (Å²) in [5.41, 5.74) is 2.71. The number of ether oxygens (including phenoxy) is 2. The van der Waals surface area contributed by atoms with Gasteiger partial charge in [-0.25, -0.2) is 0 Å². The van der Waals surface area contributed by atoms with Crippen molar-refractivity contribution in [1.82, 2.24) is 5.32 Å². The second kappa shape index (κ2) is 10.0. The van der Waals surface area contributed by atoms with E-state index in [9.17, 15) is 4.79 Å². The number of carbonyl (C=O) groups is 1. The lowest BCUT2D eigenvalue weighted by molar-refractivity contribution is -0.115. The second-order valence-electron chi connectivity index (χ2n) is 5.61. The molecule has 2 aromatic carbocycles. The van der Waals surface area contributed by atoms with Crippen LogP contribution in [0.5, 0.6) is 5.75 Å². The summed E-state index contributed by atoms with van der Waals surface area (Å²) in [7, 11) is 1.63. The zero-order valence-corrected chi connectivity index (χ0v) is 15.2. The number of benzene rings is 2. The van der Waals surface area contributed by atoms with Gasteiger partial charge in [-0.15, -0.1) is 0 Å². The molecule has 0 fully saturated rings. The minimum absolute atomic E-state index is 0.0909. The highest BCUT2D eigenvalue weighted by molar-refractivity contribution is 6.30. The van der Waals surface area contributed by atoms with E-state index >= 15 is 0 Å². The van der Waals surface area contributed by atoms with E-state index in [-0.39, 0.29) is 12.5 Å². The number of carbonyl (C=O) groups excluding carboxylic acids is 1. The van der Waals surface area contributed by atoms with Gasteiger partial charge in [0.2, 0.25) is 5.91 Å². The van der Waals surface area contributed by atoms with Gasteiger partial charge < -0.3 is 20.1 Å². The molecule has 0 spiro atoms. The topological polar surface area (TPSA) is 59.6 Å². The quantitative estimate of drug-likeness (QED) is 0.671. The van der Waals surface area contributed by atoms with Crippen molar-refractivity contribution in [2.45, 2.75) is 13.5 Å². The molecule has 6 heteroatoms. The highest BCUT2D eigenvalue weighted by atomic mass is 35.5. The number of amides is 1. The lowest BCUT2D eigenvalue weighted by Gasteiger charge is -2.12. The van der Waals surface area contributed by atoms with E-state index in [0.717, 1.165) is 22.6 Å². The van der Waals surface area contributed by atoms with Crippen LogP contribution in [0.4, 0.5) is 5.69 Å². The summed E-state index contributed by atoms with van der Waals surface area (Å²) in [6.45, 7) is 3.83. The molecule has 0 aliphatic rings. The van der Waals surface area contributed by atoms with E-state index in [4.69, 9.17) is 21.1 Å². The van der Waals surface area contributed by atoms with Gasteiger partial charge in [0, 0.05) is 24.4 Å². The fourth-order valence-electron chi connectivity index (χ4n) is 2.23. The summed E-state index contributed by atoms with van der Waals surface area (Å²) in [5.74, 6) is 0.653. The number of halogens is 1. The van der Waals surface area contributed by atoms with Gasteiger partial charge in [0.15, 0.2) is 0 Å². The highest BCUT2D eigenvalue weighted by Crippen LogP contribution is 2.22. The number of anilines is 1. The lowest BCUT2D eigenvalue weighted by Crippen LogP contribution is -2.30. The fraction of sp³-hybridized carbons (Fsp3) is 0.316. The van der Waals surface area contributed by atoms with Crippen LogP contribution in [-0.2, 0) is 16.1 Å². The first-order valence-corrected chi connectivity index (χ1v) is 8.43. The van der Waals surface area contributed by atoms with E-state index in [1.54, 1.807) is 7.11 Å². The molecule has 5 nitrogen and oxygen atoms in total. The SMILES string of the molecule is COCCNCC(=O)Nc1ccc(OCc2cccc(Cl)c2)cc1C. The molecule has 0 atom stereocenters. The minimum atomic E-state index is -0.0909. The van der Waals surface area contributed by atoms with Crippen molar-refractivity contribution in [3.63, 3.8) is 0 Å². The molecule has 2 aromatic rings. The number of aryl methyl sites for hydroxylation is 1. The molecule has 0 heterocycles. The Morgan fingerprint density at radius 2 is 2.04 bits per heavy atom. The molecule has 0 saturated heterocycles. The zero-order chi connectivity index (χ0) is 18.1. The molecule has 0 aromatic heterocycles. The molecule has 0 aliphatic carbocycles. The van der Waals surface area contributed by atoms with Crippen LogP contribution < -0.4 is 15.4 Å². The smallest absolute Gasteiger partial charge is 0.238 e. The van der Waals surface area contributed by atoms with Gasteiger partial charge in [-0.05, 0) is 48.4 Å². The Hall–Kier alpha value is -2.08. The molecular weight excluding hydrogens is 340 g/mol. The molecule has 134 valence electrons. The van der Waals surface area contributed by atoms with Crippen molar-refractivity contribution in [3.05, 3.63) is 58.6 Å². The number of hydrogen-bond acceptors (Lipinski definition) is 4. The van der Waals surface area contributed by atoms with Crippen molar-refractivity contribution >= 4 is 23.2 Å². The standard InChI is InChI=1S/C19H23ClN2O3/c1-14-10-17(25-13-15-4-3-5-16(20)11-15)6-7-18(14)22-19(23)12-21-8-9-24-2/h3-7,10-11,21H,8-9,12-13H2,1-2H3,(H,22,23). The molecule has 0 aliphatic heterocycles. The monoisotopic (exact) mass is 362 g/mol. The first-order valence-electron chi connectivity index (χ1n) is 8.06.